The van der Waals surface area contributed by atoms with Crippen LogP contribution in [-0.2, 0) is 16.0 Å². The summed E-state index contributed by atoms with van der Waals surface area (Å²) in [4.78, 5) is 24.6. The molecule has 1 atom stereocenters. The van der Waals surface area contributed by atoms with Crippen LogP contribution in [0.4, 0.5) is 0 Å². The van der Waals surface area contributed by atoms with Crippen molar-refractivity contribution < 1.29 is 19.1 Å². The quantitative estimate of drug-likeness (QED) is 0.936. The van der Waals surface area contributed by atoms with E-state index in [1.807, 2.05) is 30.3 Å². The maximum Gasteiger partial charge on any atom is 0.308 e. The van der Waals surface area contributed by atoms with Gasteiger partial charge in [-0.3, -0.25) is 9.59 Å². The lowest BCUT2D eigenvalue weighted by molar-refractivity contribution is -0.141. The Balaban J connectivity index is 1.57. The van der Waals surface area contributed by atoms with Gasteiger partial charge in [0.05, 0.1) is 5.92 Å². The van der Waals surface area contributed by atoms with Gasteiger partial charge in [-0.1, -0.05) is 18.2 Å². The predicted molar refractivity (Wildman–Crippen MR) is 76.9 cm³/mol. The van der Waals surface area contributed by atoms with Crippen molar-refractivity contribution in [1.82, 2.24) is 4.90 Å². The van der Waals surface area contributed by atoms with Gasteiger partial charge in [-0.25, -0.2) is 0 Å². The number of benzene rings is 1. The fourth-order valence-electron chi connectivity index (χ4n) is 2.74. The lowest BCUT2D eigenvalue weighted by atomic mass is 10.1. The van der Waals surface area contributed by atoms with Gasteiger partial charge in [0.25, 0.3) is 0 Å². The van der Waals surface area contributed by atoms with E-state index in [-0.39, 0.29) is 5.91 Å². The zero-order valence-corrected chi connectivity index (χ0v) is 11.6. The Kier molecular flexibility index (Phi) is 3.64. The molecule has 2 aromatic rings. The van der Waals surface area contributed by atoms with Crippen molar-refractivity contribution in [2.75, 3.05) is 13.1 Å². The fourth-order valence-corrected chi connectivity index (χ4v) is 2.74. The van der Waals surface area contributed by atoms with Crippen molar-refractivity contribution >= 4 is 22.8 Å². The molecule has 5 nitrogen and oxygen atoms in total. The Bertz CT molecular complexity index is 643. The Morgan fingerprint density at radius 2 is 2.14 bits per heavy atom. The summed E-state index contributed by atoms with van der Waals surface area (Å²) in [6.45, 7) is 0.865. The summed E-state index contributed by atoms with van der Waals surface area (Å²) < 4.78 is 5.68. The highest BCUT2D eigenvalue weighted by atomic mass is 16.4. The number of amides is 1. The van der Waals surface area contributed by atoms with Gasteiger partial charge in [0.1, 0.15) is 11.3 Å². The Hall–Kier alpha value is -2.30. The third-order valence-corrected chi connectivity index (χ3v) is 3.95. The molecule has 1 aliphatic rings. The maximum atomic E-state index is 12.1. The van der Waals surface area contributed by atoms with E-state index in [4.69, 9.17) is 9.52 Å². The molecule has 1 aromatic heterocycles. The molecule has 0 saturated carbocycles. The fraction of sp³-hybridized carbons (Fsp3) is 0.375. The third-order valence-electron chi connectivity index (χ3n) is 3.95. The van der Waals surface area contributed by atoms with Gasteiger partial charge in [-0.2, -0.15) is 0 Å². The van der Waals surface area contributed by atoms with E-state index in [9.17, 15) is 9.59 Å². The molecule has 0 radical (unpaired) electrons. The van der Waals surface area contributed by atoms with E-state index >= 15 is 0 Å². The number of likely N-dealkylation sites (tertiary alicyclic amines) is 1. The van der Waals surface area contributed by atoms with Crippen LogP contribution in [0.1, 0.15) is 18.6 Å². The topological polar surface area (TPSA) is 70.8 Å². The van der Waals surface area contributed by atoms with Gasteiger partial charge in [-0.15, -0.1) is 0 Å². The van der Waals surface area contributed by atoms with Crippen LogP contribution in [0.3, 0.4) is 0 Å². The highest BCUT2D eigenvalue weighted by Crippen LogP contribution is 2.21. The van der Waals surface area contributed by atoms with E-state index in [0.717, 1.165) is 16.7 Å². The second-order valence-corrected chi connectivity index (χ2v) is 5.41. The smallest absolute Gasteiger partial charge is 0.308 e. The predicted octanol–water partition coefficient (Wildman–Crippen LogP) is 2.30. The summed E-state index contributed by atoms with van der Waals surface area (Å²) in [7, 11) is 0. The van der Waals surface area contributed by atoms with Gasteiger partial charge in [0.15, 0.2) is 0 Å². The van der Waals surface area contributed by atoms with Crippen LogP contribution in [0.15, 0.2) is 34.7 Å². The summed E-state index contributed by atoms with van der Waals surface area (Å²) in [5, 5.41) is 9.98. The van der Waals surface area contributed by atoms with Crippen molar-refractivity contribution in [2.24, 2.45) is 5.92 Å². The molecule has 0 spiro atoms. The standard InChI is InChI=1S/C16H17NO4/c18-15(17-8-7-12(10-17)16(19)20)6-5-13-9-11-3-1-2-4-14(11)21-13/h1-4,9,12H,5-8,10H2,(H,19,20). The first-order chi connectivity index (χ1) is 10.1. The first kappa shape index (κ1) is 13.7. The van der Waals surface area contributed by atoms with Gasteiger partial charge in [0, 0.05) is 31.3 Å². The van der Waals surface area contributed by atoms with Gasteiger partial charge in [0.2, 0.25) is 5.91 Å². The number of carboxylic acids is 1. The zero-order valence-electron chi connectivity index (χ0n) is 11.6. The molecular weight excluding hydrogens is 270 g/mol. The van der Waals surface area contributed by atoms with Crippen molar-refractivity contribution in [2.45, 2.75) is 19.3 Å². The maximum absolute atomic E-state index is 12.1. The van der Waals surface area contributed by atoms with E-state index in [0.29, 0.717) is 32.4 Å². The van der Waals surface area contributed by atoms with E-state index in [2.05, 4.69) is 0 Å². The Morgan fingerprint density at radius 3 is 2.86 bits per heavy atom. The molecule has 1 fully saturated rings. The number of rotatable bonds is 4. The molecule has 3 rings (SSSR count). The van der Waals surface area contributed by atoms with E-state index in [1.165, 1.54) is 0 Å². The molecule has 1 saturated heterocycles. The molecule has 110 valence electrons. The van der Waals surface area contributed by atoms with Crippen molar-refractivity contribution in [1.29, 1.82) is 0 Å². The molecule has 21 heavy (non-hydrogen) atoms. The lowest BCUT2D eigenvalue weighted by Gasteiger charge is -2.15. The van der Waals surface area contributed by atoms with Crippen LogP contribution in [0.2, 0.25) is 0 Å². The highest BCUT2D eigenvalue weighted by Gasteiger charge is 2.30. The zero-order chi connectivity index (χ0) is 14.8. The number of hydrogen-bond acceptors (Lipinski definition) is 3. The number of para-hydroxylation sites is 1. The van der Waals surface area contributed by atoms with Crippen LogP contribution in [-0.4, -0.2) is 35.0 Å². The van der Waals surface area contributed by atoms with E-state index < -0.39 is 11.9 Å². The van der Waals surface area contributed by atoms with Gasteiger partial charge < -0.3 is 14.4 Å². The Labute approximate surface area is 122 Å². The van der Waals surface area contributed by atoms with Crippen LogP contribution in [0.5, 0.6) is 0 Å². The summed E-state index contributed by atoms with van der Waals surface area (Å²) >= 11 is 0. The average molecular weight is 287 g/mol. The van der Waals surface area contributed by atoms with Crippen molar-refractivity contribution in [3.05, 3.63) is 36.1 Å². The number of fused-ring (bicyclic) bond motifs is 1. The number of nitrogens with zero attached hydrogens (tertiary/aromatic N) is 1. The molecule has 2 heterocycles. The molecule has 0 bridgehead atoms. The van der Waals surface area contributed by atoms with Crippen LogP contribution >= 0.6 is 0 Å². The first-order valence-corrected chi connectivity index (χ1v) is 7.11. The van der Waals surface area contributed by atoms with Crippen LogP contribution in [0, 0.1) is 5.92 Å². The lowest BCUT2D eigenvalue weighted by Crippen LogP contribution is -2.30. The van der Waals surface area contributed by atoms with Crippen molar-refractivity contribution in [3.63, 3.8) is 0 Å². The van der Waals surface area contributed by atoms with Crippen molar-refractivity contribution in [3.8, 4) is 0 Å². The number of carbonyl (C=O) groups excluding carboxylic acids is 1. The average Bonchev–Trinajstić information content (AvgIpc) is 3.11. The second kappa shape index (κ2) is 5.60. The molecule has 5 heteroatoms. The van der Waals surface area contributed by atoms with Gasteiger partial charge >= 0.3 is 5.97 Å². The molecule has 1 aromatic carbocycles. The van der Waals surface area contributed by atoms with Crippen LogP contribution in [0.25, 0.3) is 11.0 Å². The number of aryl methyl sites for hydroxylation is 1. The van der Waals surface area contributed by atoms with E-state index in [1.54, 1.807) is 4.90 Å². The summed E-state index contributed by atoms with van der Waals surface area (Å²) in [6.07, 6.45) is 1.44. The Morgan fingerprint density at radius 1 is 1.33 bits per heavy atom. The summed E-state index contributed by atoms with van der Waals surface area (Å²) in [5.41, 5.74) is 0.826. The second-order valence-electron chi connectivity index (χ2n) is 5.41. The molecule has 1 N–H and O–H groups in total. The molecule has 1 unspecified atom stereocenters. The number of hydrogen-bond donors (Lipinski definition) is 1. The number of carboxylic acid groups (broad SMARTS) is 1. The highest BCUT2D eigenvalue weighted by molar-refractivity contribution is 5.80. The number of carbonyl (C=O) groups is 2. The SMILES string of the molecule is O=C(O)C1CCN(C(=O)CCc2cc3ccccc3o2)C1. The molecular formula is C16H17NO4. The largest absolute Gasteiger partial charge is 0.481 e. The molecule has 1 aliphatic heterocycles. The normalized spacial score (nSPS) is 18.3. The number of aliphatic carboxylic acids is 1. The summed E-state index contributed by atoms with van der Waals surface area (Å²) in [6, 6.07) is 9.69. The minimum absolute atomic E-state index is 0.000735. The first-order valence-electron chi connectivity index (χ1n) is 7.11. The minimum atomic E-state index is -0.817. The third kappa shape index (κ3) is 2.91. The minimum Gasteiger partial charge on any atom is -0.481 e. The molecule has 0 aliphatic carbocycles. The molecule has 1 amide bonds. The monoisotopic (exact) mass is 287 g/mol. The van der Waals surface area contributed by atoms with Gasteiger partial charge in [-0.05, 0) is 18.6 Å². The van der Waals surface area contributed by atoms with Crippen LogP contribution < -0.4 is 0 Å². The summed E-state index contributed by atoms with van der Waals surface area (Å²) in [5.74, 6) is -0.444. The number of furan rings is 1.